The van der Waals surface area contributed by atoms with Gasteiger partial charge in [-0.05, 0) is 37.1 Å². The summed E-state index contributed by atoms with van der Waals surface area (Å²) in [6, 6.07) is 9.98. The number of rotatable bonds is 2. The van der Waals surface area contributed by atoms with E-state index in [-0.39, 0.29) is 11.2 Å². The Hall–Kier alpha value is -1.81. The SMILES string of the molecule is Cc1ccc2c(c1)SC(C(=O)Nc1ccncc1)C2. The number of amides is 1. The maximum Gasteiger partial charge on any atom is 0.238 e. The fraction of sp³-hybridized carbons (Fsp3) is 0.200. The third-order valence-corrected chi connectivity index (χ3v) is 4.44. The molecule has 0 saturated heterocycles. The standard InChI is InChI=1S/C15H14N2OS/c1-10-2-3-11-9-14(19-13(11)8-10)15(18)17-12-4-6-16-7-5-12/h2-8,14H,9H2,1H3,(H,16,17,18). The molecule has 0 saturated carbocycles. The zero-order valence-corrected chi connectivity index (χ0v) is 11.4. The second-order valence-electron chi connectivity index (χ2n) is 4.65. The molecule has 1 aliphatic rings. The molecule has 1 N–H and O–H groups in total. The predicted octanol–water partition coefficient (Wildman–Crippen LogP) is 3.05. The summed E-state index contributed by atoms with van der Waals surface area (Å²) >= 11 is 1.65. The summed E-state index contributed by atoms with van der Waals surface area (Å²) in [6.07, 6.45) is 4.15. The van der Waals surface area contributed by atoms with Crippen LogP contribution in [0.5, 0.6) is 0 Å². The predicted molar refractivity (Wildman–Crippen MR) is 77.4 cm³/mol. The lowest BCUT2D eigenvalue weighted by molar-refractivity contribution is -0.115. The number of hydrogen-bond donors (Lipinski definition) is 1. The molecule has 2 heterocycles. The van der Waals surface area contributed by atoms with E-state index in [2.05, 4.69) is 35.4 Å². The van der Waals surface area contributed by atoms with E-state index in [0.717, 1.165) is 12.1 Å². The summed E-state index contributed by atoms with van der Waals surface area (Å²) in [5, 5.41) is 2.90. The number of nitrogens with zero attached hydrogens (tertiary/aromatic N) is 1. The molecule has 0 spiro atoms. The molecule has 1 atom stereocenters. The van der Waals surface area contributed by atoms with Crippen molar-refractivity contribution in [3.05, 3.63) is 53.9 Å². The highest BCUT2D eigenvalue weighted by Gasteiger charge is 2.28. The van der Waals surface area contributed by atoms with Crippen LogP contribution in [0.25, 0.3) is 0 Å². The number of aromatic nitrogens is 1. The van der Waals surface area contributed by atoms with E-state index in [1.807, 2.05) is 0 Å². The van der Waals surface area contributed by atoms with E-state index in [9.17, 15) is 4.79 Å². The van der Waals surface area contributed by atoms with E-state index in [1.165, 1.54) is 16.0 Å². The van der Waals surface area contributed by atoms with E-state index < -0.39 is 0 Å². The summed E-state index contributed by atoms with van der Waals surface area (Å²) < 4.78 is 0. The summed E-state index contributed by atoms with van der Waals surface area (Å²) in [5.41, 5.74) is 3.31. The maximum absolute atomic E-state index is 12.2. The van der Waals surface area contributed by atoms with Crippen LogP contribution in [0.2, 0.25) is 0 Å². The van der Waals surface area contributed by atoms with Crippen molar-refractivity contribution < 1.29 is 4.79 Å². The fourth-order valence-electron chi connectivity index (χ4n) is 2.14. The Morgan fingerprint density at radius 3 is 2.89 bits per heavy atom. The van der Waals surface area contributed by atoms with Crippen LogP contribution < -0.4 is 5.32 Å². The molecular weight excluding hydrogens is 256 g/mol. The van der Waals surface area contributed by atoms with Gasteiger partial charge in [-0.2, -0.15) is 0 Å². The van der Waals surface area contributed by atoms with E-state index >= 15 is 0 Å². The van der Waals surface area contributed by atoms with Crippen molar-refractivity contribution in [2.24, 2.45) is 0 Å². The minimum Gasteiger partial charge on any atom is -0.325 e. The Kier molecular flexibility index (Phi) is 3.25. The Labute approximate surface area is 116 Å². The van der Waals surface area contributed by atoms with Gasteiger partial charge in [-0.25, -0.2) is 0 Å². The lowest BCUT2D eigenvalue weighted by atomic mass is 10.1. The van der Waals surface area contributed by atoms with Gasteiger partial charge in [0.25, 0.3) is 0 Å². The largest absolute Gasteiger partial charge is 0.325 e. The van der Waals surface area contributed by atoms with Gasteiger partial charge < -0.3 is 5.32 Å². The number of pyridine rings is 1. The highest BCUT2D eigenvalue weighted by molar-refractivity contribution is 8.01. The van der Waals surface area contributed by atoms with Gasteiger partial charge in [0.2, 0.25) is 5.91 Å². The first kappa shape index (κ1) is 12.2. The molecule has 19 heavy (non-hydrogen) atoms. The number of carbonyl (C=O) groups excluding carboxylic acids is 1. The second-order valence-corrected chi connectivity index (χ2v) is 5.89. The van der Waals surface area contributed by atoms with Crippen molar-refractivity contribution >= 4 is 23.4 Å². The van der Waals surface area contributed by atoms with Gasteiger partial charge in [-0.15, -0.1) is 11.8 Å². The Morgan fingerprint density at radius 2 is 2.11 bits per heavy atom. The maximum atomic E-state index is 12.2. The second kappa shape index (κ2) is 5.05. The number of fused-ring (bicyclic) bond motifs is 1. The average molecular weight is 270 g/mol. The van der Waals surface area contributed by atoms with Gasteiger partial charge >= 0.3 is 0 Å². The van der Waals surface area contributed by atoms with Crippen LogP contribution in [0, 0.1) is 6.92 Å². The molecule has 1 aliphatic heterocycles. The Bertz CT molecular complexity index is 613. The lowest BCUT2D eigenvalue weighted by Crippen LogP contribution is -2.24. The molecule has 1 aromatic carbocycles. The van der Waals surface area contributed by atoms with Crippen molar-refractivity contribution in [3.8, 4) is 0 Å². The number of thioether (sulfide) groups is 1. The fourth-order valence-corrected chi connectivity index (χ4v) is 3.43. The lowest BCUT2D eigenvalue weighted by Gasteiger charge is -2.09. The van der Waals surface area contributed by atoms with Gasteiger partial charge in [-0.1, -0.05) is 17.7 Å². The van der Waals surface area contributed by atoms with E-state index in [0.29, 0.717) is 0 Å². The van der Waals surface area contributed by atoms with Crippen molar-refractivity contribution in [1.29, 1.82) is 0 Å². The molecule has 3 rings (SSSR count). The highest BCUT2D eigenvalue weighted by Crippen LogP contribution is 2.37. The van der Waals surface area contributed by atoms with Gasteiger partial charge in [0.1, 0.15) is 0 Å². The van der Waals surface area contributed by atoms with Crippen LogP contribution in [0.4, 0.5) is 5.69 Å². The minimum atomic E-state index is -0.0371. The zero-order valence-electron chi connectivity index (χ0n) is 10.6. The Morgan fingerprint density at radius 1 is 1.32 bits per heavy atom. The molecular formula is C15H14N2OS. The normalized spacial score (nSPS) is 17.0. The van der Waals surface area contributed by atoms with Crippen molar-refractivity contribution in [3.63, 3.8) is 0 Å². The minimum absolute atomic E-state index is 0.0371. The molecule has 1 unspecified atom stereocenters. The molecule has 0 fully saturated rings. The molecule has 0 aliphatic carbocycles. The Balaban J connectivity index is 1.71. The van der Waals surface area contributed by atoms with Crippen LogP contribution in [0.3, 0.4) is 0 Å². The van der Waals surface area contributed by atoms with Crippen molar-refractivity contribution in [2.45, 2.75) is 23.5 Å². The molecule has 3 nitrogen and oxygen atoms in total. The summed E-state index contributed by atoms with van der Waals surface area (Å²) in [5.74, 6) is 0.0602. The van der Waals surface area contributed by atoms with Crippen LogP contribution >= 0.6 is 11.8 Å². The summed E-state index contributed by atoms with van der Waals surface area (Å²) in [7, 11) is 0. The highest BCUT2D eigenvalue weighted by atomic mass is 32.2. The molecule has 96 valence electrons. The molecule has 2 aromatic rings. The van der Waals surface area contributed by atoms with Gasteiger partial charge in [0.05, 0.1) is 5.25 Å². The number of aryl methyl sites for hydroxylation is 1. The first-order valence-corrected chi connectivity index (χ1v) is 7.07. The summed E-state index contributed by atoms with van der Waals surface area (Å²) in [4.78, 5) is 17.4. The van der Waals surface area contributed by atoms with Crippen LogP contribution in [-0.4, -0.2) is 16.1 Å². The molecule has 0 bridgehead atoms. The summed E-state index contributed by atoms with van der Waals surface area (Å²) in [6.45, 7) is 2.07. The number of carbonyl (C=O) groups is 1. The first-order valence-electron chi connectivity index (χ1n) is 6.19. The van der Waals surface area contributed by atoms with Crippen molar-refractivity contribution in [2.75, 3.05) is 5.32 Å². The smallest absolute Gasteiger partial charge is 0.238 e. The number of benzene rings is 1. The van der Waals surface area contributed by atoms with E-state index in [4.69, 9.17) is 0 Å². The average Bonchev–Trinajstić information content (AvgIpc) is 2.83. The number of hydrogen-bond acceptors (Lipinski definition) is 3. The molecule has 0 radical (unpaired) electrons. The number of nitrogens with one attached hydrogen (secondary N) is 1. The van der Waals surface area contributed by atoms with Crippen LogP contribution in [0.15, 0.2) is 47.6 Å². The van der Waals surface area contributed by atoms with Gasteiger partial charge in [0.15, 0.2) is 0 Å². The third-order valence-electron chi connectivity index (χ3n) is 3.14. The quantitative estimate of drug-likeness (QED) is 0.912. The molecule has 1 amide bonds. The van der Waals surface area contributed by atoms with Crippen LogP contribution in [0.1, 0.15) is 11.1 Å². The molecule has 1 aromatic heterocycles. The van der Waals surface area contributed by atoms with E-state index in [1.54, 1.807) is 36.3 Å². The van der Waals surface area contributed by atoms with Gasteiger partial charge in [-0.3, -0.25) is 9.78 Å². The monoisotopic (exact) mass is 270 g/mol. The third kappa shape index (κ3) is 2.63. The van der Waals surface area contributed by atoms with Crippen molar-refractivity contribution in [1.82, 2.24) is 4.98 Å². The topological polar surface area (TPSA) is 42.0 Å². The first-order chi connectivity index (χ1) is 9.22. The number of anilines is 1. The zero-order chi connectivity index (χ0) is 13.2. The van der Waals surface area contributed by atoms with Crippen LogP contribution in [-0.2, 0) is 11.2 Å². The molecule has 4 heteroatoms. The van der Waals surface area contributed by atoms with Gasteiger partial charge in [0, 0.05) is 23.0 Å².